The van der Waals surface area contributed by atoms with Crippen molar-refractivity contribution in [2.45, 2.75) is 19.4 Å². The molecule has 1 aliphatic heterocycles. The number of carbonyl (C=O) groups is 1. The lowest BCUT2D eigenvalue weighted by atomic mass is 10.1. The lowest BCUT2D eigenvalue weighted by Gasteiger charge is -2.16. The molecule has 0 atom stereocenters. The van der Waals surface area contributed by atoms with Crippen LogP contribution in [0.4, 0.5) is 5.82 Å². The fraction of sp³-hybridized carbons (Fsp3) is 0.292. The normalized spacial score (nSPS) is 13.2. The quantitative estimate of drug-likeness (QED) is 0.631. The van der Waals surface area contributed by atoms with E-state index < -0.39 is 0 Å². The molecule has 1 aliphatic rings. The summed E-state index contributed by atoms with van der Waals surface area (Å²) >= 11 is 0. The molecular weight excluding hydrogens is 392 g/mol. The van der Waals surface area contributed by atoms with Crippen LogP contribution in [0.5, 0.6) is 11.5 Å². The number of amides is 1. The van der Waals surface area contributed by atoms with Crippen molar-refractivity contribution in [1.29, 1.82) is 0 Å². The number of methoxy groups -OCH3 is 2. The van der Waals surface area contributed by atoms with Gasteiger partial charge in [0.2, 0.25) is 0 Å². The van der Waals surface area contributed by atoms with Gasteiger partial charge in [0.15, 0.2) is 0 Å². The SMILES string of the molecule is COc1ccc(CNC(=O)c2cccc(-c3cc(N4CCCC4)ncn3)c2)c(OC)c1. The standard InChI is InChI=1S/C24H26N4O3/c1-30-20-9-8-19(22(13-20)31-2)15-25-24(29)18-7-5-6-17(12-18)21-14-23(27-16-26-21)28-10-3-4-11-28/h5-9,12-14,16H,3-4,10-11,15H2,1-2H3,(H,25,29). The summed E-state index contributed by atoms with van der Waals surface area (Å²) in [5.74, 6) is 2.15. The molecule has 1 saturated heterocycles. The number of benzene rings is 2. The number of carbonyl (C=O) groups excluding carboxylic acids is 1. The van der Waals surface area contributed by atoms with Crippen molar-refractivity contribution in [1.82, 2.24) is 15.3 Å². The number of nitrogens with one attached hydrogen (secondary N) is 1. The van der Waals surface area contributed by atoms with E-state index in [0.717, 1.165) is 35.7 Å². The van der Waals surface area contributed by atoms with Gasteiger partial charge >= 0.3 is 0 Å². The van der Waals surface area contributed by atoms with E-state index in [2.05, 4.69) is 20.2 Å². The van der Waals surface area contributed by atoms with E-state index in [0.29, 0.717) is 23.6 Å². The third-order valence-corrected chi connectivity index (χ3v) is 5.44. The summed E-state index contributed by atoms with van der Waals surface area (Å²) in [4.78, 5) is 23.9. The molecular formula is C24H26N4O3. The van der Waals surface area contributed by atoms with Gasteiger partial charge < -0.3 is 19.7 Å². The van der Waals surface area contributed by atoms with Crippen molar-refractivity contribution in [3.05, 3.63) is 66.0 Å². The van der Waals surface area contributed by atoms with Gasteiger partial charge in [0.05, 0.1) is 19.9 Å². The van der Waals surface area contributed by atoms with Crippen LogP contribution >= 0.6 is 0 Å². The number of ether oxygens (including phenoxy) is 2. The Morgan fingerprint density at radius 3 is 2.65 bits per heavy atom. The first kappa shape index (κ1) is 20.7. The van der Waals surface area contributed by atoms with Crippen LogP contribution in [-0.2, 0) is 6.54 Å². The molecule has 7 nitrogen and oxygen atoms in total. The summed E-state index contributed by atoms with van der Waals surface area (Å²) in [7, 11) is 3.21. The molecule has 1 N–H and O–H groups in total. The number of anilines is 1. The Labute approximate surface area is 182 Å². The Hall–Kier alpha value is -3.61. The highest BCUT2D eigenvalue weighted by Gasteiger charge is 2.15. The minimum atomic E-state index is -0.159. The smallest absolute Gasteiger partial charge is 0.251 e. The molecule has 1 amide bonds. The molecule has 4 rings (SSSR count). The summed E-state index contributed by atoms with van der Waals surface area (Å²) in [5.41, 5.74) is 3.14. The highest BCUT2D eigenvalue weighted by Crippen LogP contribution is 2.25. The molecule has 0 saturated carbocycles. The molecule has 0 unspecified atom stereocenters. The van der Waals surface area contributed by atoms with Crippen LogP contribution in [0, 0.1) is 0 Å². The number of rotatable bonds is 7. The summed E-state index contributed by atoms with van der Waals surface area (Å²) in [6.45, 7) is 2.39. The molecule has 31 heavy (non-hydrogen) atoms. The zero-order chi connectivity index (χ0) is 21.6. The lowest BCUT2D eigenvalue weighted by Crippen LogP contribution is -2.23. The second-order valence-corrected chi connectivity index (χ2v) is 7.40. The third-order valence-electron chi connectivity index (χ3n) is 5.44. The molecule has 1 fully saturated rings. The van der Waals surface area contributed by atoms with Gasteiger partial charge in [-0.05, 0) is 37.1 Å². The van der Waals surface area contributed by atoms with Crippen LogP contribution in [0.3, 0.4) is 0 Å². The predicted octanol–water partition coefficient (Wildman–Crippen LogP) is 3.69. The van der Waals surface area contributed by atoms with Crippen molar-refractivity contribution in [2.24, 2.45) is 0 Å². The zero-order valence-electron chi connectivity index (χ0n) is 17.8. The van der Waals surface area contributed by atoms with Gasteiger partial charge in [0.1, 0.15) is 23.6 Å². The Morgan fingerprint density at radius 1 is 1.03 bits per heavy atom. The van der Waals surface area contributed by atoms with Gasteiger partial charge in [-0.25, -0.2) is 9.97 Å². The third kappa shape index (κ3) is 4.77. The fourth-order valence-electron chi connectivity index (χ4n) is 3.72. The Kier molecular flexibility index (Phi) is 6.31. The predicted molar refractivity (Wildman–Crippen MR) is 120 cm³/mol. The number of hydrogen-bond acceptors (Lipinski definition) is 6. The first-order valence-corrected chi connectivity index (χ1v) is 10.3. The maximum Gasteiger partial charge on any atom is 0.251 e. The second kappa shape index (κ2) is 9.47. The summed E-state index contributed by atoms with van der Waals surface area (Å²) in [6.07, 6.45) is 3.97. The first-order chi connectivity index (χ1) is 15.2. The topological polar surface area (TPSA) is 76.6 Å². The number of nitrogens with zero attached hydrogens (tertiary/aromatic N) is 3. The summed E-state index contributed by atoms with van der Waals surface area (Å²) in [5, 5.41) is 2.96. The first-order valence-electron chi connectivity index (χ1n) is 10.3. The minimum Gasteiger partial charge on any atom is -0.497 e. The van der Waals surface area contributed by atoms with Crippen molar-refractivity contribution in [3.63, 3.8) is 0 Å². The van der Waals surface area contributed by atoms with Gasteiger partial charge in [-0.15, -0.1) is 0 Å². The van der Waals surface area contributed by atoms with E-state index in [-0.39, 0.29) is 5.91 Å². The Balaban J connectivity index is 1.48. The lowest BCUT2D eigenvalue weighted by molar-refractivity contribution is 0.0950. The average Bonchev–Trinajstić information content (AvgIpc) is 3.38. The Bertz CT molecular complexity index is 1060. The minimum absolute atomic E-state index is 0.159. The van der Waals surface area contributed by atoms with Gasteiger partial charge in [0.25, 0.3) is 5.91 Å². The average molecular weight is 418 g/mol. The highest BCUT2D eigenvalue weighted by molar-refractivity contribution is 5.95. The van der Waals surface area contributed by atoms with Crippen LogP contribution in [0.25, 0.3) is 11.3 Å². The molecule has 1 aromatic heterocycles. The molecule has 0 spiro atoms. The van der Waals surface area contributed by atoms with Crippen molar-refractivity contribution in [3.8, 4) is 22.8 Å². The van der Waals surface area contributed by atoms with Crippen LogP contribution in [0.1, 0.15) is 28.8 Å². The molecule has 2 heterocycles. The van der Waals surface area contributed by atoms with Crippen LogP contribution < -0.4 is 19.7 Å². The van der Waals surface area contributed by atoms with Crippen molar-refractivity contribution < 1.29 is 14.3 Å². The van der Waals surface area contributed by atoms with Gasteiger partial charge in [-0.2, -0.15) is 0 Å². The largest absolute Gasteiger partial charge is 0.497 e. The molecule has 2 aromatic carbocycles. The number of aromatic nitrogens is 2. The van der Waals surface area contributed by atoms with Crippen LogP contribution in [0.2, 0.25) is 0 Å². The van der Waals surface area contributed by atoms with Gasteiger partial charge in [-0.1, -0.05) is 12.1 Å². The fourth-order valence-corrected chi connectivity index (χ4v) is 3.72. The van der Waals surface area contributed by atoms with Crippen LogP contribution in [0.15, 0.2) is 54.9 Å². The van der Waals surface area contributed by atoms with Crippen molar-refractivity contribution >= 4 is 11.7 Å². The second-order valence-electron chi connectivity index (χ2n) is 7.40. The van der Waals surface area contributed by atoms with Gasteiger partial charge in [-0.3, -0.25) is 4.79 Å². The van der Waals surface area contributed by atoms with E-state index in [1.807, 2.05) is 36.4 Å². The monoisotopic (exact) mass is 418 g/mol. The van der Waals surface area contributed by atoms with Crippen LogP contribution in [-0.4, -0.2) is 43.2 Å². The zero-order valence-corrected chi connectivity index (χ0v) is 17.8. The Morgan fingerprint density at radius 2 is 1.87 bits per heavy atom. The maximum atomic E-state index is 12.8. The molecule has 0 aliphatic carbocycles. The van der Waals surface area contributed by atoms with E-state index in [4.69, 9.17) is 9.47 Å². The molecule has 0 bridgehead atoms. The number of hydrogen-bond donors (Lipinski definition) is 1. The van der Waals surface area contributed by atoms with Crippen molar-refractivity contribution in [2.75, 3.05) is 32.2 Å². The van der Waals surface area contributed by atoms with E-state index in [1.165, 1.54) is 12.8 Å². The maximum absolute atomic E-state index is 12.8. The summed E-state index contributed by atoms with van der Waals surface area (Å²) < 4.78 is 10.6. The molecule has 160 valence electrons. The van der Waals surface area contributed by atoms with Gasteiger partial charge in [0, 0.05) is 48.5 Å². The molecule has 0 radical (unpaired) electrons. The molecule has 3 aromatic rings. The highest BCUT2D eigenvalue weighted by atomic mass is 16.5. The van der Waals surface area contributed by atoms with E-state index >= 15 is 0 Å². The van der Waals surface area contributed by atoms with E-state index in [9.17, 15) is 4.79 Å². The van der Waals surface area contributed by atoms with E-state index in [1.54, 1.807) is 32.7 Å². The molecule has 7 heteroatoms. The summed E-state index contributed by atoms with van der Waals surface area (Å²) in [6, 6.07) is 15.0.